The predicted molar refractivity (Wildman–Crippen MR) is 122 cm³/mol. The quantitative estimate of drug-likeness (QED) is 0.371. The summed E-state index contributed by atoms with van der Waals surface area (Å²) in [7, 11) is 1.70. The third-order valence-electron chi connectivity index (χ3n) is 4.92. The van der Waals surface area contributed by atoms with E-state index in [2.05, 4.69) is 10.1 Å². The van der Waals surface area contributed by atoms with Gasteiger partial charge in [0, 0.05) is 28.8 Å². The molecule has 32 heavy (non-hydrogen) atoms. The molecule has 6 nitrogen and oxygen atoms in total. The van der Waals surface area contributed by atoms with Crippen LogP contribution in [0.3, 0.4) is 0 Å². The smallest absolute Gasteiger partial charge is 0.254 e. The minimum atomic E-state index is -0.155. The van der Waals surface area contributed by atoms with Gasteiger partial charge in [-0.15, -0.1) is 0 Å². The molecule has 0 bridgehead atoms. The first-order valence-electron chi connectivity index (χ1n) is 10.1. The van der Waals surface area contributed by atoms with Gasteiger partial charge in [0.15, 0.2) is 0 Å². The Balaban J connectivity index is 1.36. The van der Waals surface area contributed by atoms with Crippen molar-refractivity contribution in [3.05, 3.63) is 100 Å². The molecule has 0 saturated heterocycles. The molecule has 1 heterocycles. The lowest BCUT2D eigenvalue weighted by Gasteiger charge is -2.15. The minimum absolute atomic E-state index is 0.155. The van der Waals surface area contributed by atoms with Gasteiger partial charge in [0.2, 0.25) is 11.7 Å². The van der Waals surface area contributed by atoms with Gasteiger partial charge >= 0.3 is 0 Å². The van der Waals surface area contributed by atoms with Gasteiger partial charge in [0.25, 0.3) is 5.91 Å². The molecule has 0 aliphatic rings. The second-order valence-electron chi connectivity index (χ2n) is 7.45. The normalized spacial score (nSPS) is 10.7. The number of carbonyl (C=O) groups is 1. The highest BCUT2D eigenvalue weighted by Crippen LogP contribution is 2.20. The Labute approximate surface area is 191 Å². The molecule has 1 amide bonds. The molecular formula is C25H22ClN3O3. The van der Waals surface area contributed by atoms with E-state index in [1.54, 1.807) is 31.3 Å². The fraction of sp³-hybridized carbons (Fsp3) is 0.160. The molecule has 0 atom stereocenters. The maximum absolute atomic E-state index is 12.8. The van der Waals surface area contributed by atoms with Crippen LogP contribution in [0.15, 0.2) is 77.3 Å². The molecule has 1 aromatic heterocycles. The Bertz CT molecular complexity index is 1220. The zero-order chi connectivity index (χ0) is 22.5. The van der Waals surface area contributed by atoms with Crippen LogP contribution in [0.4, 0.5) is 0 Å². The van der Waals surface area contributed by atoms with Crippen molar-refractivity contribution >= 4 is 17.5 Å². The Morgan fingerprint density at radius 3 is 2.59 bits per heavy atom. The van der Waals surface area contributed by atoms with Crippen LogP contribution < -0.4 is 4.74 Å². The summed E-state index contributed by atoms with van der Waals surface area (Å²) in [6, 6.07) is 22.4. The summed E-state index contributed by atoms with van der Waals surface area (Å²) in [6.45, 7) is 2.57. The summed E-state index contributed by atoms with van der Waals surface area (Å²) < 4.78 is 11.1. The van der Waals surface area contributed by atoms with Gasteiger partial charge < -0.3 is 14.2 Å². The van der Waals surface area contributed by atoms with Crippen molar-refractivity contribution in [3.63, 3.8) is 0 Å². The number of aromatic nitrogens is 2. The highest BCUT2D eigenvalue weighted by Gasteiger charge is 2.16. The van der Waals surface area contributed by atoms with E-state index < -0.39 is 0 Å². The van der Waals surface area contributed by atoms with Gasteiger partial charge in [-0.1, -0.05) is 58.7 Å². The van der Waals surface area contributed by atoms with Crippen molar-refractivity contribution in [3.8, 4) is 17.1 Å². The SMILES string of the molecule is Cc1cccc(-c2noc(CN(C)C(=O)c3ccc(OCc4ccccc4Cl)cc3)n2)c1. The van der Waals surface area contributed by atoms with E-state index in [9.17, 15) is 4.79 Å². The van der Waals surface area contributed by atoms with Crippen LogP contribution in [0.2, 0.25) is 5.02 Å². The number of amides is 1. The first-order chi connectivity index (χ1) is 15.5. The van der Waals surface area contributed by atoms with Crippen molar-refractivity contribution in [2.24, 2.45) is 0 Å². The predicted octanol–water partition coefficient (Wildman–Crippen LogP) is 5.55. The highest BCUT2D eigenvalue weighted by molar-refractivity contribution is 6.31. The van der Waals surface area contributed by atoms with Gasteiger partial charge in [-0.25, -0.2) is 0 Å². The Morgan fingerprint density at radius 2 is 1.84 bits per heavy atom. The van der Waals surface area contributed by atoms with Crippen LogP contribution in [-0.4, -0.2) is 28.0 Å². The van der Waals surface area contributed by atoms with Crippen molar-refractivity contribution in [2.45, 2.75) is 20.1 Å². The van der Waals surface area contributed by atoms with Crippen molar-refractivity contribution in [2.75, 3.05) is 7.05 Å². The number of rotatable bonds is 7. The maximum atomic E-state index is 12.8. The summed E-state index contributed by atoms with van der Waals surface area (Å²) in [4.78, 5) is 18.7. The van der Waals surface area contributed by atoms with E-state index in [4.69, 9.17) is 20.9 Å². The molecule has 4 aromatic rings. The maximum Gasteiger partial charge on any atom is 0.254 e. The Hall–Kier alpha value is -3.64. The molecule has 0 aliphatic carbocycles. The van der Waals surface area contributed by atoms with Crippen LogP contribution in [0.25, 0.3) is 11.4 Å². The zero-order valence-electron chi connectivity index (χ0n) is 17.8. The number of aryl methyl sites for hydroxylation is 1. The molecule has 0 N–H and O–H groups in total. The number of carbonyl (C=O) groups excluding carboxylic acids is 1. The molecule has 0 fully saturated rings. The van der Waals surface area contributed by atoms with E-state index in [1.165, 1.54) is 4.90 Å². The summed E-state index contributed by atoms with van der Waals surface area (Å²) >= 11 is 6.15. The van der Waals surface area contributed by atoms with Crippen molar-refractivity contribution < 1.29 is 14.1 Å². The van der Waals surface area contributed by atoms with Crippen LogP contribution in [0.5, 0.6) is 5.75 Å². The highest BCUT2D eigenvalue weighted by atomic mass is 35.5. The minimum Gasteiger partial charge on any atom is -0.489 e. The number of benzene rings is 3. The monoisotopic (exact) mass is 447 g/mol. The Morgan fingerprint density at radius 1 is 1.06 bits per heavy atom. The lowest BCUT2D eigenvalue weighted by molar-refractivity contribution is 0.0769. The Kier molecular flexibility index (Phi) is 6.52. The molecular weight excluding hydrogens is 426 g/mol. The average molecular weight is 448 g/mol. The molecule has 0 unspecified atom stereocenters. The lowest BCUT2D eigenvalue weighted by Crippen LogP contribution is -2.26. The van der Waals surface area contributed by atoms with Gasteiger partial charge in [0.05, 0.1) is 6.54 Å². The summed E-state index contributed by atoms with van der Waals surface area (Å²) in [5.41, 5.74) is 3.43. The number of hydrogen-bond acceptors (Lipinski definition) is 5. The first kappa shape index (κ1) is 21.6. The number of halogens is 1. The van der Waals surface area contributed by atoms with E-state index >= 15 is 0 Å². The lowest BCUT2D eigenvalue weighted by atomic mass is 10.1. The van der Waals surface area contributed by atoms with E-state index in [1.807, 2.05) is 55.5 Å². The summed E-state index contributed by atoms with van der Waals surface area (Å²) in [5, 5.41) is 4.69. The fourth-order valence-electron chi connectivity index (χ4n) is 3.19. The second kappa shape index (κ2) is 9.66. The van der Waals surface area contributed by atoms with Crippen LogP contribution in [0, 0.1) is 6.92 Å². The standard InChI is InChI=1S/C25H22ClN3O3/c1-17-6-5-8-19(14-17)24-27-23(32-28-24)15-29(2)25(30)18-10-12-21(13-11-18)31-16-20-7-3-4-9-22(20)26/h3-14H,15-16H2,1-2H3. The molecule has 4 rings (SSSR count). The van der Waals surface area contributed by atoms with Crippen LogP contribution in [-0.2, 0) is 13.2 Å². The third-order valence-corrected chi connectivity index (χ3v) is 5.29. The molecule has 0 aliphatic heterocycles. The fourth-order valence-corrected chi connectivity index (χ4v) is 3.38. The van der Waals surface area contributed by atoms with E-state index in [0.717, 1.165) is 16.7 Å². The van der Waals surface area contributed by atoms with Gasteiger partial charge in [-0.2, -0.15) is 4.98 Å². The van der Waals surface area contributed by atoms with Gasteiger partial charge in [-0.05, 0) is 43.3 Å². The molecule has 3 aromatic carbocycles. The third kappa shape index (κ3) is 5.15. The van der Waals surface area contributed by atoms with Crippen molar-refractivity contribution in [1.29, 1.82) is 0 Å². The molecule has 7 heteroatoms. The number of hydrogen-bond donors (Lipinski definition) is 0. The summed E-state index contributed by atoms with van der Waals surface area (Å²) in [5.74, 6) is 1.38. The average Bonchev–Trinajstić information content (AvgIpc) is 3.27. The zero-order valence-corrected chi connectivity index (χ0v) is 18.5. The van der Waals surface area contributed by atoms with Crippen LogP contribution >= 0.6 is 11.6 Å². The molecule has 0 saturated carbocycles. The number of ether oxygens (including phenoxy) is 1. The van der Waals surface area contributed by atoms with E-state index in [-0.39, 0.29) is 12.5 Å². The van der Waals surface area contributed by atoms with Crippen LogP contribution in [0.1, 0.15) is 27.4 Å². The first-order valence-corrected chi connectivity index (χ1v) is 10.5. The van der Waals surface area contributed by atoms with E-state index in [0.29, 0.717) is 34.7 Å². The molecule has 0 radical (unpaired) electrons. The van der Waals surface area contributed by atoms with Gasteiger partial charge in [0.1, 0.15) is 12.4 Å². The second-order valence-corrected chi connectivity index (χ2v) is 7.85. The molecule has 0 spiro atoms. The molecule has 162 valence electrons. The summed E-state index contributed by atoms with van der Waals surface area (Å²) in [6.07, 6.45) is 0. The topological polar surface area (TPSA) is 68.5 Å². The van der Waals surface area contributed by atoms with Crippen molar-refractivity contribution in [1.82, 2.24) is 15.0 Å². The van der Waals surface area contributed by atoms with Gasteiger partial charge in [-0.3, -0.25) is 4.79 Å². The largest absolute Gasteiger partial charge is 0.489 e. The number of nitrogens with zero attached hydrogens (tertiary/aromatic N) is 3.